The summed E-state index contributed by atoms with van der Waals surface area (Å²) in [5, 5.41) is 3.53. The van der Waals surface area contributed by atoms with Crippen molar-refractivity contribution < 1.29 is 0 Å². The van der Waals surface area contributed by atoms with Gasteiger partial charge in [0.15, 0.2) is 0 Å². The maximum absolute atomic E-state index is 3.53. The third-order valence-corrected chi connectivity index (χ3v) is 4.27. The first-order valence-electron chi connectivity index (χ1n) is 7.57. The third kappa shape index (κ3) is 4.23. The average molecular weight is 239 g/mol. The Kier molecular flexibility index (Phi) is 5.75. The molecule has 100 valence electrons. The van der Waals surface area contributed by atoms with Crippen LogP contribution < -0.4 is 5.32 Å². The molecule has 1 N–H and O–H groups in total. The van der Waals surface area contributed by atoms with Crippen molar-refractivity contribution in [2.24, 2.45) is 0 Å². The molecule has 0 aromatic rings. The summed E-state index contributed by atoms with van der Waals surface area (Å²) < 4.78 is 0. The van der Waals surface area contributed by atoms with E-state index in [0.29, 0.717) is 0 Å². The van der Waals surface area contributed by atoms with Crippen molar-refractivity contribution in [2.45, 2.75) is 45.1 Å². The third-order valence-electron chi connectivity index (χ3n) is 4.27. The molecule has 0 bridgehead atoms. The van der Waals surface area contributed by atoms with Crippen LogP contribution in [-0.2, 0) is 0 Å². The molecular weight excluding hydrogens is 210 g/mol. The molecule has 2 aliphatic rings. The van der Waals surface area contributed by atoms with Gasteiger partial charge in [0.1, 0.15) is 0 Å². The van der Waals surface area contributed by atoms with Gasteiger partial charge in [0.05, 0.1) is 0 Å². The molecule has 0 aromatic heterocycles. The minimum atomic E-state index is 0.821. The molecule has 0 radical (unpaired) electrons. The first-order chi connectivity index (χ1) is 8.40. The van der Waals surface area contributed by atoms with Crippen molar-refractivity contribution in [2.75, 3.05) is 45.8 Å². The summed E-state index contributed by atoms with van der Waals surface area (Å²) in [6, 6.07) is 0.821. The number of nitrogens with one attached hydrogen (secondary N) is 1. The van der Waals surface area contributed by atoms with Crippen molar-refractivity contribution >= 4 is 0 Å². The van der Waals surface area contributed by atoms with Crippen LogP contribution in [-0.4, -0.2) is 61.7 Å². The van der Waals surface area contributed by atoms with E-state index < -0.39 is 0 Å². The topological polar surface area (TPSA) is 18.5 Å². The Morgan fingerprint density at radius 3 is 2.59 bits per heavy atom. The molecule has 17 heavy (non-hydrogen) atoms. The monoisotopic (exact) mass is 239 g/mol. The molecule has 0 spiro atoms. The highest BCUT2D eigenvalue weighted by atomic mass is 15.3. The molecule has 0 aliphatic carbocycles. The molecule has 2 rings (SSSR count). The Morgan fingerprint density at radius 2 is 1.94 bits per heavy atom. The maximum atomic E-state index is 3.53. The van der Waals surface area contributed by atoms with Crippen LogP contribution in [0, 0.1) is 0 Å². The Bertz CT molecular complexity index is 194. The maximum Gasteiger partial charge on any atom is 0.0222 e. The minimum Gasteiger partial charge on any atom is -0.315 e. The van der Waals surface area contributed by atoms with E-state index in [1.54, 1.807) is 0 Å². The number of rotatable bonds is 5. The van der Waals surface area contributed by atoms with Crippen molar-refractivity contribution in [3.63, 3.8) is 0 Å². The lowest BCUT2D eigenvalue weighted by molar-refractivity contribution is 0.0835. The zero-order valence-corrected chi connectivity index (χ0v) is 11.5. The first kappa shape index (κ1) is 13.3. The molecule has 3 nitrogen and oxygen atoms in total. The van der Waals surface area contributed by atoms with E-state index in [0.717, 1.165) is 6.04 Å². The van der Waals surface area contributed by atoms with E-state index in [2.05, 4.69) is 22.0 Å². The number of nitrogens with zero attached hydrogens (tertiary/aromatic N) is 2. The van der Waals surface area contributed by atoms with Crippen LogP contribution in [0.25, 0.3) is 0 Å². The fourth-order valence-corrected chi connectivity index (χ4v) is 3.08. The number of hydrogen-bond donors (Lipinski definition) is 1. The van der Waals surface area contributed by atoms with Crippen molar-refractivity contribution in [1.29, 1.82) is 0 Å². The number of hydrogen-bond acceptors (Lipinski definition) is 3. The lowest BCUT2D eigenvalue weighted by Crippen LogP contribution is -2.54. The highest BCUT2D eigenvalue weighted by molar-refractivity contribution is 4.82. The fourth-order valence-electron chi connectivity index (χ4n) is 3.08. The van der Waals surface area contributed by atoms with Crippen LogP contribution in [0.5, 0.6) is 0 Å². The molecule has 0 saturated carbocycles. The standard InChI is InChI=1S/C14H29N3/c1-2-3-4-8-16-9-11-17(12-10-16)14-6-5-7-15-13-14/h14-15H,2-13H2,1H3. The highest BCUT2D eigenvalue weighted by Gasteiger charge is 2.24. The van der Waals surface area contributed by atoms with Gasteiger partial charge in [-0.2, -0.15) is 0 Å². The van der Waals surface area contributed by atoms with Gasteiger partial charge in [0.2, 0.25) is 0 Å². The van der Waals surface area contributed by atoms with Crippen LogP contribution >= 0.6 is 0 Å². The van der Waals surface area contributed by atoms with Crippen molar-refractivity contribution in [1.82, 2.24) is 15.1 Å². The highest BCUT2D eigenvalue weighted by Crippen LogP contribution is 2.13. The van der Waals surface area contributed by atoms with E-state index in [9.17, 15) is 0 Å². The number of unbranched alkanes of at least 4 members (excludes halogenated alkanes) is 2. The predicted octanol–water partition coefficient (Wildman–Crippen LogP) is 1.55. The van der Waals surface area contributed by atoms with Gasteiger partial charge in [0, 0.05) is 38.8 Å². The summed E-state index contributed by atoms with van der Waals surface area (Å²) in [4.78, 5) is 5.37. The quantitative estimate of drug-likeness (QED) is 0.734. The van der Waals surface area contributed by atoms with Crippen LogP contribution in [0.2, 0.25) is 0 Å². The molecule has 1 unspecified atom stereocenters. The summed E-state index contributed by atoms with van der Waals surface area (Å²) in [5.41, 5.74) is 0. The van der Waals surface area contributed by atoms with E-state index in [1.807, 2.05) is 0 Å². The predicted molar refractivity (Wildman–Crippen MR) is 73.4 cm³/mol. The van der Waals surface area contributed by atoms with Crippen LogP contribution in [0.4, 0.5) is 0 Å². The normalized spacial score (nSPS) is 28.4. The second kappa shape index (κ2) is 7.34. The lowest BCUT2D eigenvalue weighted by Gasteiger charge is -2.40. The Morgan fingerprint density at radius 1 is 1.12 bits per heavy atom. The molecule has 2 saturated heterocycles. The zero-order chi connectivity index (χ0) is 11.9. The molecule has 0 aromatic carbocycles. The Labute approximate surface area is 107 Å². The van der Waals surface area contributed by atoms with E-state index in [1.165, 1.54) is 77.9 Å². The van der Waals surface area contributed by atoms with Gasteiger partial charge in [0.25, 0.3) is 0 Å². The number of piperazine rings is 1. The van der Waals surface area contributed by atoms with Gasteiger partial charge < -0.3 is 10.2 Å². The van der Waals surface area contributed by atoms with Gasteiger partial charge in [-0.25, -0.2) is 0 Å². The van der Waals surface area contributed by atoms with Gasteiger partial charge in [-0.15, -0.1) is 0 Å². The van der Waals surface area contributed by atoms with E-state index >= 15 is 0 Å². The molecule has 2 fully saturated rings. The SMILES string of the molecule is CCCCCN1CCN(C2CCCNC2)CC1. The van der Waals surface area contributed by atoms with Gasteiger partial charge in [-0.1, -0.05) is 19.8 Å². The Hall–Kier alpha value is -0.120. The van der Waals surface area contributed by atoms with E-state index in [4.69, 9.17) is 0 Å². The van der Waals surface area contributed by atoms with Crippen LogP contribution in [0.15, 0.2) is 0 Å². The van der Waals surface area contributed by atoms with E-state index in [-0.39, 0.29) is 0 Å². The summed E-state index contributed by atoms with van der Waals surface area (Å²) >= 11 is 0. The smallest absolute Gasteiger partial charge is 0.0222 e. The van der Waals surface area contributed by atoms with Gasteiger partial charge in [-0.05, 0) is 32.4 Å². The molecule has 3 heteroatoms. The summed E-state index contributed by atoms with van der Waals surface area (Å²) in [6.45, 7) is 11.2. The minimum absolute atomic E-state index is 0.821. The second-order valence-electron chi connectivity index (χ2n) is 5.58. The molecular formula is C14H29N3. The summed E-state index contributed by atoms with van der Waals surface area (Å²) in [6.07, 6.45) is 6.90. The van der Waals surface area contributed by atoms with Crippen LogP contribution in [0.3, 0.4) is 0 Å². The number of piperidine rings is 1. The fraction of sp³-hybridized carbons (Fsp3) is 1.00. The Balaban J connectivity index is 1.63. The van der Waals surface area contributed by atoms with Gasteiger partial charge in [-0.3, -0.25) is 4.90 Å². The summed E-state index contributed by atoms with van der Waals surface area (Å²) in [5.74, 6) is 0. The van der Waals surface area contributed by atoms with Gasteiger partial charge >= 0.3 is 0 Å². The molecule has 1 atom stereocenters. The largest absolute Gasteiger partial charge is 0.315 e. The second-order valence-corrected chi connectivity index (χ2v) is 5.58. The molecule has 2 aliphatic heterocycles. The average Bonchev–Trinajstić information content (AvgIpc) is 2.41. The van der Waals surface area contributed by atoms with Crippen molar-refractivity contribution in [3.05, 3.63) is 0 Å². The first-order valence-corrected chi connectivity index (χ1v) is 7.57. The zero-order valence-electron chi connectivity index (χ0n) is 11.5. The lowest BCUT2D eigenvalue weighted by atomic mass is 10.0. The summed E-state index contributed by atoms with van der Waals surface area (Å²) in [7, 11) is 0. The molecule has 0 amide bonds. The van der Waals surface area contributed by atoms with Crippen molar-refractivity contribution in [3.8, 4) is 0 Å². The van der Waals surface area contributed by atoms with Crippen LogP contribution in [0.1, 0.15) is 39.0 Å². The molecule has 2 heterocycles.